The lowest BCUT2D eigenvalue weighted by atomic mass is 9.96. The molecule has 1 aliphatic rings. The minimum atomic E-state index is -0.259. The molecular formula is C21H34FN3O2. The van der Waals surface area contributed by atoms with Gasteiger partial charge >= 0.3 is 0 Å². The number of hydrogen-bond acceptors (Lipinski definition) is 4. The van der Waals surface area contributed by atoms with Crippen LogP contribution < -0.4 is 5.32 Å². The quantitative estimate of drug-likeness (QED) is 0.679. The van der Waals surface area contributed by atoms with E-state index in [0.29, 0.717) is 12.6 Å². The Labute approximate surface area is 162 Å². The largest absolute Gasteiger partial charge is 0.383 e. The van der Waals surface area contributed by atoms with E-state index < -0.39 is 0 Å². The number of nitrogens with one attached hydrogen (secondary N) is 1. The Morgan fingerprint density at radius 1 is 1.37 bits per heavy atom. The van der Waals surface area contributed by atoms with E-state index in [2.05, 4.69) is 36.0 Å². The predicted molar refractivity (Wildman–Crippen MR) is 106 cm³/mol. The summed E-state index contributed by atoms with van der Waals surface area (Å²) in [5.74, 6) is 0.00326. The molecule has 2 rings (SSSR count). The first-order valence-electron chi connectivity index (χ1n) is 9.87. The second kappa shape index (κ2) is 10.7. The van der Waals surface area contributed by atoms with Crippen molar-refractivity contribution in [2.45, 2.75) is 38.8 Å². The third-order valence-electron chi connectivity index (χ3n) is 5.26. The first-order chi connectivity index (χ1) is 12.9. The Balaban J connectivity index is 1.91. The summed E-state index contributed by atoms with van der Waals surface area (Å²) < 4.78 is 18.3. The molecule has 0 bridgehead atoms. The van der Waals surface area contributed by atoms with Crippen LogP contribution >= 0.6 is 0 Å². The van der Waals surface area contributed by atoms with Crippen LogP contribution in [0.5, 0.6) is 0 Å². The monoisotopic (exact) mass is 379 g/mol. The molecule has 1 N–H and O–H groups in total. The summed E-state index contributed by atoms with van der Waals surface area (Å²) in [4.78, 5) is 17.2. The molecule has 1 fully saturated rings. The zero-order chi connectivity index (χ0) is 19.8. The highest BCUT2D eigenvalue weighted by Crippen LogP contribution is 2.23. The number of ether oxygens (including phenoxy) is 1. The van der Waals surface area contributed by atoms with E-state index in [1.54, 1.807) is 19.2 Å². The average molecular weight is 380 g/mol. The number of likely N-dealkylation sites (tertiary alicyclic amines) is 1. The normalized spacial score (nSPS) is 19.0. The fourth-order valence-corrected chi connectivity index (χ4v) is 3.72. The summed E-state index contributed by atoms with van der Waals surface area (Å²) >= 11 is 0. The molecule has 1 heterocycles. The predicted octanol–water partition coefficient (Wildman–Crippen LogP) is 2.68. The number of likely N-dealkylation sites (N-methyl/N-ethyl adjacent to an activating group) is 1. The van der Waals surface area contributed by atoms with Crippen molar-refractivity contribution in [3.05, 3.63) is 35.6 Å². The van der Waals surface area contributed by atoms with E-state index in [9.17, 15) is 9.18 Å². The summed E-state index contributed by atoms with van der Waals surface area (Å²) in [5.41, 5.74) is 0.942. The molecule has 0 aromatic heterocycles. The van der Waals surface area contributed by atoms with Gasteiger partial charge in [-0.05, 0) is 50.0 Å². The van der Waals surface area contributed by atoms with Crippen LogP contribution in [0.1, 0.15) is 38.3 Å². The summed E-state index contributed by atoms with van der Waals surface area (Å²) in [7, 11) is 3.81. The van der Waals surface area contributed by atoms with E-state index >= 15 is 0 Å². The lowest BCUT2D eigenvalue weighted by Gasteiger charge is -2.29. The van der Waals surface area contributed by atoms with Gasteiger partial charge in [0.2, 0.25) is 5.91 Å². The molecule has 0 radical (unpaired) electrons. The minimum absolute atomic E-state index is 0.0319. The van der Waals surface area contributed by atoms with Crippen LogP contribution in [-0.2, 0) is 9.53 Å². The van der Waals surface area contributed by atoms with Crippen molar-refractivity contribution in [2.75, 3.05) is 46.9 Å². The van der Waals surface area contributed by atoms with Crippen molar-refractivity contribution in [3.8, 4) is 0 Å². The molecule has 0 aliphatic carbocycles. The van der Waals surface area contributed by atoms with Crippen molar-refractivity contribution in [3.63, 3.8) is 0 Å². The Hall–Kier alpha value is -1.50. The smallest absolute Gasteiger partial charge is 0.234 e. The molecule has 2 atom stereocenters. The number of carbonyl (C=O) groups excluding carboxylic acids is 1. The molecular weight excluding hydrogens is 345 g/mol. The lowest BCUT2D eigenvalue weighted by molar-refractivity contribution is -0.123. The number of amides is 1. The van der Waals surface area contributed by atoms with Gasteiger partial charge in [-0.3, -0.25) is 9.69 Å². The lowest BCUT2D eigenvalue weighted by Crippen LogP contribution is -2.45. The van der Waals surface area contributed by atoms with Crippen LogP contribution in [0, 0.1) is 11.7 Å². The van der Waals surface area contributed by atoms with E-state index in [0.717, 1.165) is 44.6 Å². The summed E-state index contributed by atoms with van der Waals surface area (Å²) in [5, 5.41) is 3.15. The molecule has 152 valence electrons. The fraction of sp³-hybridized carbons (Fsp3) is 0.667. The number of halogens is 1. The summed E-state index contributed by atoms with van der Waals surface area (Å²) in [6.45, 7) is 8.06. The maximum Gasteiger partial charge on any atom is 0.234 e. The Morgan fingerprint density at radius 2 is 2.07 bits per heavy atom. The van der Waals surface area contributed by atoms with Gasteiger partial charge < -0.3 is 15.0 Å². The third kappa shape index (κ3) is 6.87. The first kappa shape index (κ1) is 21.8. The Bertz CT molecular complexity index is 579. The fourth-order valence-electron chi connectivity index (χ4n) is 3.72. The zero-order valence-corrected chi connectivity index (χ0v) is 17.1. The summed E-state index contributed by atoms with van der Waals surface area (Å²) in [6.07, 6.45) is 2.25. The third-order valence-corrected chi connectivity index (χ3v) is 5.26. The van der Waals surface area contributed by atoms with Gasteiger partial charge in [0.05, 0.1) is 19.2 Å². The van der Waals surface area contributed by atoms with E-state index in [4.69, 9.17) is 4.74 Å². The number of hydrogen-bond donors (Lipinski definition) is 1. The van der Waals surface area contributed by atoms with Gasteiger partial charge in [-0.25, -0.2) is 4.39 Å². The Kier molecular flexibility index (Phi) is 8.67. The topological polar surface area (TPSA) is 44.8 Å². The minimum Gasteiger partial charge on any atom is -0.383 e. The van der Waals surface area contributed by atoms with E-state index in [-0.39, 0.29) is 23.7 Å². The number of rotatable bonds is 10. The van der Waals surface area contributed by atoms with E-state index in [1.807, 2.05) is 0 Å². The second-order valence-electron chi connectivity index (χ2n) is 7.86. The number of nitrogens with zero attached hydrogens (tertiary/aromatic N) is 2. The zero-order valence-electron chi connectivity index (χ0n) is 17.1. The second-order valence-corrected chi connectivity index (χ2v) is 7.86. The molecule has 0 spiro atoms. The van der Waals surface area contributed by atoms with Crippen molar-refractivity contribution < 1.29 is 13.9 Å². The maximum absolute atomic E-state index is 13.2. The van der Waals surface area contributed by atoms with Gasteiger partial charge in [0.1, 0.15) is 5.82 Å². The molecule has 2 unspecified atom stereocenters. The SMILES string of the molecule is COCCN(C)CC1CCCN1CC(=O)NC(c1ccc(F)cc1)C(C)C. The van der Waals surface area contributed by atoms with Crippen molar-refractivity contribution in [1.29, 1.82) is 0 Å². The molecule has 27 heavy (non-hydrogen) atoms. The van der Waals surface area contributed by atoms with Crippen LogP contribution in [-0.4, -0.2) is 68.7 Å². The van der Waals surface area contributed by atoms with Gasteiger partial charge in [-0.2, -0.15) is 0 Å². The maximum atomic E-state index is 13.2. The van der Waals surface area contributed by atoms with Crippen LogP contribution in [0.2, 0.25) is 0 Å². The number of carbonyl (C=O) groups is 1. The van der Waals surface area contributed by atoms with Gasteiger partial charge in [-0.1, -0.05) is 26.0 Å². The molecule has 1 saturated heterocycles. The van der Waals surface area contributed by atoms with Gasteiger partial charge in [0, 0.05) is 26.2 Å². The van der Waals surface area contributed by atoms with Crippen LogP contribution in [0.15, 0.2) is 24.3 Å². The molecule has 0 saturated carbocycles. The summed E-state index contributed by atoms with van der Waals surface area (Å²) in [6, 6.07) is 6.70. The molecule has 1 aromatic carbocycles. The highest BCUT2D eigenvalue weighted by molar-refractivity contribution is 5.78. The Morgan fingerprint density at radius 3 is 2.70 bits per heavy atom. The van der Waals surface area contributed by atoms with Crippen molar-refractivity contribution in [2.24, 2.45) is 5.92 Å². The van der Waals surface area contributed by atoms with Crippen LogP contribution in [0.3, 0.4) is 0 Å². The van der Waals surface area contributed by atoms with Crippen molar-refractivity contribution >= 4 is 5.91 Å². The first-order valence-corrected chi connectivity index (χ1v) is 9.87. The van der Waals surface area contributed by atoms with Gasteiger partial charge in [0.15, 0.2) is 0 Å². The van der Waals surface area contributed by atoms with Crippen LogP contribution in [0.25, 0.3) is 0 Å². The number of benzene rings is 1. The number of methoxy groups -OCH3 is 1. The standard InChI is InChI=1S/C21H34FN3O2/c1-16(2)21(17-7-9-18(22)10-8-17)23-20(26)15-25-11-5-6-19(25)14-24(3)12-13-27-4/h7-10,16,19,21H,5-6,11-15H2,1-4H3,(H,23,26). The average Bonchev–Trinajstić information content (AvgIpc) is 3.05. The highest BCUT2D eigenvalue weighted by atomic mass is 19.1. The van der Waals surface area contributed by atoms with Crippen molar-refractivity contribution in [1.82, 2.24) is 15.1 Å². The molecule has 1 aromatic rings. The van der Waals surface area contributed by atoms with Crippen LogP contribution in [0.4, 0.5) is 4.39 Å². The molecule has 1 amide bonds. The molecule has 5 nitrogen and oxygen atoms in total. The molecule has 6 heteroatoms. The van der Waals surface area contributed by atoms with Gasteiger partial charge in [-0.15, -0.1) is 0 Å². The van der Waals surface area contributed by atoms with E-state index in [1.165, 1.54) is 12.1 Å². The molecule has 1 aliphatic heterocycles. The van der Waals surface area contributed by atoms with Gasteiger partial charge in [0.25, 0.3) is 0 Å². The highest BCUT2D eigenvalue weighted by Gasteiger charge is 2.28.